The van der Waals surface area contributed by atoms with Crippen molar-refractivity contribution in [1.29, 1.82) is 0 Å². The fourth-order valence-electron chi connectivity index (χ4n) is 2.13. The smallest absolute Gasteiger partial charge is 0.136 e. The second-order valence-electron chi connectivity index (χ2n) is 4.03. The third kappa shape index (κ3) is 2.09. The van der Waals surface area contributed by atoms with Crippen LogP contribution in [0.25, 0.3) is 0 Å². The highest BCUT2D eigenvalue weighted by Crippen LogP contribution is 2.23. The van der Waals surface area contributed by atoms with E-state index in [-0.39, 0.29) is 0 Å². The number of nitrogens with zero attached hydrogens (tertiary/aromatic N) is 3. The number of nitrogens with one attached hydrogen (secondary N) is 1. The molecule has 0 spiro atoms. The Kier molecular flexibility index (Phi) is 3.16. The van der Waals surface area contributed by atoms with E-state index >= 15 is 0 Å². The quantitative estimate of drug-likeness (QED) is 0.757. The van der Waals surface area contributed by atoms with Gasteiger partial charge in [-0.05, 0) is 32.9 Å². The standard InChI is InChI=1S/C11H18N4/c1-3-8-15-9(2)13-14-11(15)10-4-6-12-7-5-10/h3,10,12H,1,4-8H2,2H3. The van der Waals surface area contributed by atoms with Crippen molar-refractivity contribution in [3.8, 4) is 0 Å². The van der Waals surface area contributed by atoms with E-state index < -0.39 is 0 Å². The van der Waals surface area contributed by atoms with Crippen LogP contribution in [0.4, 0.5) is 0 Å². The third-order valence-electron chi connectivity index (χ3n) is 2.98. The minimum absolute atomic E-state index is 0.562. The molecule has 1 N–H and O–H groups in total. The highest BCUT2D eigenvalue weighted by molar-refractivity contribution is 5.04. The van der Waals surface area contributed by atoms with Crippen LogP contribution in [0.15, 0.2) is 12.7 Å². The Bertz CT molecular complexity index is 336. The van der Waals surface area contributed by atoms with Gasteiger partial charge in [0.15, 0.2) is 0 Å². The number of piperidine rings is 1. The topological polar surface area (TPSA) is 42.7 Å². The van der Waals surface area contributed by atoms with E-state index in [0.29, 0.717) is 5.92 Å². The molecule has 2 rings (SSSR count). The van der Waals surface area contributed by atoms with Crippen LogP contribution in [-0.2, 0) is 6.54 Å². The van der Waals surface area contributed by atoms with Gasteiger partial charge in [0.2, 0.25) is 0 Å². The van der Waals surface area contributed by atoms with E-state index in [4.69, 9.17) is 0 Å². The van der Waals surface area contributed by atoms with Crippen molar-refractivity contribution in [3.05, 3.63) is 24.3 Å². The largest absolute Gasteiger partial charge is 0.317 e. The van der Waals surface area contributed by atoms with E-state index in [0.717, 1.165) is 44.1 Å². The van der Waals surface area contributed by atoms with Gasteiger partial charge in [-0.2, -0.15) is 0 Å². The second kappa shape index (κ2) is 4.57. The van der Waals surface area contributed by atoms with Gasteiger partial charge in [-0.3, -0.25) is 0 Å². The Labute approximate surface area is 90.4 Å². The third-order valence-corrected chi connectivity index (χ3v) is 2.98. The lowest BCUT2D eigenvalue weighted by Crippen LogP contribution is -2.28. The maximum atomic E-state index is 4.30. The average molecular weight is 206 g/mol. The summed E-state index contributed by atoms with van der Waals surface area (Å²) in [5, 5.41) is 11.8. The molecule has 4 heteroatoms. The molecule has 1 saturated heterocycles. The molecule has 1 aliphatic rings. The number of rotatable bonds is 3. The summed E-state index contributed by atoms with van der Waals surface area (Å²) in [7, 11) is 0. The number of hydrogen-bond acceptors (Lipinski definition) is 3. The number of aromatic nitrogens is 3. The first-order valence-corrected chi connectivity index (χ1v) is 5.54. The normalized spacial score (nSPS) is 17.9. The summed E-state index contributed by atoms with van der Waals surface area (Å²) in [4.78, 5) is 0. The molecule has 2 heterocycles. The van der Waals surface area contributed by atoms with Crippen molar-refractivity contribution < 1.29 is 0 Å². The summed E-state index contributed by atoms with van der Waals surface area (Å²) in [5.41, 5.74) is 0. The minimum atomic E-state index is 0.562. The first-order chi connectivity index (χ1) is 7.33. The fourth-order valence-corrected chi connectivity index (χ4v) is 2.13. The van der Waals surface area contributed by atoms with Crippen molar-refractivity contribution in [2.75, 3.05) is 13.1 Å². The molecular weight excluding hydrogens is 188 g/mol. The maximum absolute atomic E-state index is 4.30. The zero-order valence-electron chi connectivity index (χ0n) is 9.24. The molecule has 82 valence electrons. The molecule has 0 radical (unpaired) electrons. The summed E-state index contributed by atoms with van der Waals surface area (Å²) in [6.07, 6.45) is 4.23. The SMILES string of the molecule is C=CCn1c(C)nnc1C1CCNCC1. The molecule has 1 fully saturated rings. The van der Waals surface area contributed by atoms with Gasteiger partial charge in [0.1, 0.15) is 11.6 Å². The fraction of sp³-hybridized carbons (Fsp3) is 0.636. The molecule has 1 aromatic rings. The van der Waals surface area contributed by atoms with Crippen LogP contribution in [0.2, 0.25) is 0 Å². The lowest BCUT2D eigenvalue weighted by atomic mass is 9.97. The molecule has 0 unspecified atom stereocenters. The van der Waals surface area contributed by atoms with E-state index in [1.807, 2.05) is 13.0 Å². The van der Waals surface area contributed by atoms with E-state index in [1.54, 1.807) is 0 Å². The van der Waals surface area contributed by atoms with Crippen LogP contribution in [0.5, 0.6) is 0 Å². The van der Waals surface area contributed by atoms with Crippen LogP contribution in [0, 0.1) is 6.92 Å². The van der Waals surface area contributed by atoms with Crippen molar-refractivity contribution >= 4 is 0 Å². The molecular formula is C11H18N4. The van der Waals surface area contributed by atoms with Crippen molar-refractivity contribution in [3.63, 3.8) is 0 Å². The van der Waals surface area contributed by atoms with Gasteiger partial charge in [0.05, 0.1) is 0 Å². The van der Waals surface area contributed by atoms with E-state index in [9.17, 15) is 0 Å². The highest BCUT2D eigenvalue weighted by Gasteiger charge is 2.21. The zero-order chi connectivity index (χ0) is 10.7. The molecule has 0 amide bonds. The van der Waals surface area contributed by atoms with Gasteiger partial charge in [-0.1, -0.05) is 6.08 Å². The van der Waals surface area contributed by atoms with Gasteiger partial charge in [0, 0.05) is 12.5 Å². The molecule has 15 heavy (non-hydrogen) atoms. The van der Waals surface area contributed by atoms with Crippen molar-refractivity contribution in [2.45, 2.75) is 32.2 Å². The highest BCUT2D eigenvalue weighted by atomic mass is 15.3. The Morgan fingerprint density at radius 2 is 2.20 bits per heavy atom. The molecule has 0 aromatic carbocycles. The monoisotopic (exact) mass is 206 g/mol. The number of hydrogen-bond donors (Lipinski definition) is 1. The van der Waals surface area contributed by atoms with Gasteiger partial charge in [0.25, 0.3) is 0 Å². The van der Waals surface area contributed by atoms with Crippen molar-refractivity contribution in [1.82, 2.24) is 20.1 Å². The van der Waals surface area contributed by atoms with Crippen LogP contribution in [0.3, 0.4) is 0 Å². The van der Waals surface area contributed by atoms with E-state index in [1.165, 1.54) is 0 Å². The Hall–Kier alpha value is -1.16. The first-order valence-electron chi connectivity index (χ1n) is 5.54. The Morgan fingerprint density at radius 3 is 2.87 bits per heavy atom. The number of aryl methyl sites for hydroxylation is 1. The lowest BCUT2D eigenvalue weighted by molar-refractivity contribution is 0.433. The minimum Gasteiger partial charge on any atom is -0.317 e. The summed E-state index contributed by atoms with van der Waals surface area (Å²) < 4.78 is 2.17. The Morgan fingerprint density at radius 1 is 1.47 bits per heavy atom. The van der Waals surface area contributed by atoms with Crippen LogP contribution in [-0.4, -0.2) is 27.9 Å². The Balaban J connectivity index is 2.21. The molecule has 0 saturated carbocycles. The molecule has 1 aliphatic heterocycles. The maximum Gasteiger partial charge on any atom is 0.136 e. The predicted molar refractivity (Wildman–Crippen MR) is 59.8 cm³/mol. The molecule has 0 aliphatic carbocycles. The first kappa shape index (κ1) is 10.4. The lowest BCUT2D eigenvalue weighted by Gasteiger charge is -2.22. The predicted octanol–water partition coefficient (Wildman–Crippen LogP) is 1.24. The molecule has 1 aromatic heterocycles. The van der Waals surface area contributed by atoms with Crippen LogP contribution in [0.1, 0.15) is 30.4 Å². The second-order valence-corrected chi connectivity index (χ2v) is 4.03. The van der Waals surface area contributed by atoms with Gasteiger partial charge >= 0.3 is 0 Å². The zero-order valence-corrected chi connectivity index (χ0v) is 9.24. The molecule has 0 bridgehead atoms. The summed E-state index contributed by atoms with van der Waals surface area (Å²) in [6, 6.07) is 0. The van der Waals surface area contributed by atoms with Gasteiger partial charge in [-0.15, -0.1) is 16.8 Å². The summed E-state index contributed by atoms with van der Waals surface area (Å²) in [6.45, 7) is 8.77. The number of allylic oxidation sites excluding steroid dienone is 1. The van der Waals surface area contributed by atoms with Crippen LogP contribution >= 0.6 is 0 Å². The van der Waals surface area contributed by atoms with E-state index in [2.05, 4.69) is 26.7 Å². The summed E-state index contributed by atoms with van der Waals surface area (Å²) >= 11 is 0. The van der Waals surface area contributed by atoms with Crippen LogP contribution < -0.4 is 5.32 Å². The summed E-state index contributed by atoms with van der Waals surface area (Å²) in [5.74, 6) is 2.68. The molecule has 4 nitrogen and oxygen atoms in total. The van der Waals surface area contributed by atoms with Crippen molar-refractivity contribution in [2.24, 2.45) is 0 Å². The average Bonchev–Trinajstić information content (AvgIpc) is 2.63. The molecule has 0 atom stereocenters. The van der Waals surface area contributed by atoms with Gasteiger partial charge < -0.3 is 9.88 Å². The van der Waals surface area contributed by atoms with Gasteiger partial charge in [-0.25, -0.2) is 0 Å².